The minimum absolute atomic E-state index is 0.0200. The first kappa shape index (κ1) is 16.2. The van der Waals surface area contributed by atoms with Gasteiger partial charge in [-0.2, -0.15) is 8.78 Å². The third-order valence-electron chi connectivity index (χ3n) is 3.05. The van der Waals surface area contributed by atoms with Gasteiger partial charge in [-0.3, -0.25) is 0 Å². The molecular weight excluding hydrogens is 295 g/mol. The second kappa shape index (κ2) is 7.70. The molecule has 0 atom stereocenters. The normalized spacial score (nSPS) is 10.8. The van der Waals surface area contributed by atoms with Crippen molar-refractivity contribution < 1.29 is 22.6 Å². The summed E-state index contributed by atoms with van der Waals surface area (Å²) >= 11 is 0. The zero-order chi connectivity index (χ0) is 15.9. The Kier molecular flexibility index (Phi) is 5.66. The Morgan fingerprint density at radius 2 is 1.77 bits per heavy atom. The standard InChI is InChI=1S/C16H16F3NO2/c1-21-14-4-2-3-12(15(14)22-16(18)19)10-20-9-11-5-7-13(17)8-6-11/h2-8,16,20H,9-10H2,1H3. The SMILES string of the molecule is COc1cccc(CNCc2ccc(F)cc2)c1OC(F)F. The first-order chi connectivity index (χ1) is 10.6. The van der Waals surface area contributed by atoms with Gasteiger partial charge >= 0.3 is 6.61 Å². The van der Waals surface area contributed by atoms with Gasteiger partial charge in [-0.25, -0.2) is 4.39 Å². The van der Waals surface area contributed by atoms with Crippen LogP contribution in [0.3, 0.4) is 0 Å². The van der Waals surface area contributed by atoms with E-state index in [1.165, 1.54) is 19.2 Å². The smallest absolute Gasteiger partial charge is 0.387 e. The monoisotopic (exact) mass is 311 g/mol. The molecular formula is C16H16F3NO2. The van der Waals surface area contributed by atoms with Crippen LogP contribution in [-0.2, 0) is 13.1 Å². The molecule has 0 radical (unpaired) electrons. The molecule has 0 saturated heterocycles. The fourth-order valence-electron chi connectivity index (χ4n) is 2.03. The Morgan fingerprint density at radius 1 is 1.05 bits per heavy atom. The molecule has 6 heteroatoms. The number of ether oxygens (including phenoxy) is 2. The maximum Gasteiger partial charge on any atom is 0.387 e. The number of hydrogen-bond acceptors (Lipinski definition) is 3. The van der Waals surface area contributed by atoms with Gasteiger partial charge in [0.15, 0.2) is 11.5 Å². The van der Waals surface area contributed by atoms with Gasteiger partial charge in [-0.1, -0.05) is 24.3 Å². The van der Waals surface area contributed by atoms with Gasteiger partial charge in [0.25, 0.3) is 0 Å². The van der Waals surface area contributed by atoms with Crippen LogP contribution in [0.15, 0.2) is 42.5 Å². The molecule has 0 spiro atoms. The number of benzene rings is 2. The third kappa shape index (κ3) is 4.39. The number of methoxy groups -OCH3 is 1. The largest absolute Gasteiger partial charge is 0.493 e. The van der Waals surface area contributed by atoms with Crippen molar-refractivity contribution in [2.45, 2.75) is 19.7 Å². The van der Waals surface area contributed by atoms with Crippen molar-refractivity contribution in [2.24, 2.45) is 0 Å². The highest BCUT2D eigenvalue weighted by molar-refractivity contribution is 5.46. The van der Waals surface area contributed by atoms with Crippen molar-refractivity contribution in [3.63, 3.8) is 0 Å². The van der Waals surface area contributed by atoms with Crippen LogP contribution < -0.4 is 14.8 Å². The summed E-state index contributed by atoms with van der Waals surface area (Å²) in [6.45, 7) is -2.13. The molecule has 0 aliphatic rings. The lowest BCUT2D eigenvalue weighted by molar-refractivity contribution is -0.0518. The highest BCUT2D eigenvalue weighted by atomic mass is 19.3. The second-order valence-corrected chi connectivity index (χ2v) is 4.56. The van der Waals surface area contributed by atoms with Crippen molar-refractivity contribution in [1.29, 1.82) is 0 Å². The van der Waals surface area contributed by atoms with Gasteiger partial charge in [0.05, 0.1) is 7.11 Å². The highest BCUT2D eigenvalue weighted by Crippen LogP contribution is 2.32. The number of hydrogen-bond donors (Lipinski definition) is 1. The molecule has 22 heavy (non-hydrogen) atoms. The fraction of sp³-hybridized carbons (Fsp3) is 0.250. The quantitative estimate of drug-likeness (QED) is 0.845. The molecule has 0 fully saturated rings. The Hall–Kier alpha value is -2.21. The molecule has 0 heterocycles. The van der Waals surface area contributed by atoms with Crippen LogP contribution in [0.4, 0.5) is 13.2 Å². The lowest BCUT2D eigenvalue weighted by Gasteiger charge is -2.15. The number of rotatable bonds is 7. The topological polar surface area (TPSA) is 30.5 Å². The molecule has 2 aromatic rings. The average molecular weight is 311 g/mol. The van der Waals surface area contributed by atoms with Crippen LogP contribution in [0, 0.1) is 5.82 Å². The number of halogens is 3. The van der Waals surface area contributed by atoms with Crippen molar-refractivity contribution >= 4 is 0 Å². The van der Waals surface area contributed by atoms with Crippen molar-refractivity contribution in [3.05, 3.63) is 59.4 Å². The summed E-state index contributed by atoms with van der Waals surface area (Å²) < 4.78 is 47.4. The van der Waals surface area contributed by atoms with Crippen LogP contribution in [0.2, 0.25) is 0 Å². The summed E-state index contributed by atoms with van der Waals surface area (Å²) in [7, 11) is 1.39. The predicted octanol–water partition coefficient (Wildman–Crippen LogP) is 3.73. The molecule has 3 nitrogen and oxygen atoms in total. The van der Waals surface area contributed by atoms with E-state index in [1.807, 2.05) is 0 Å². The maximum atomic E-state index is 12.8. The summed E-state index contributed by atoms with van der Waals surface area (Å²) in [6, 6.07) is 11.0. The van der Waals surface area contributed by atoms with Gasteiger partial charge in [-0.15, -0.1) is 0 Å². The molecule has 0 saturated carbocycles. The number of nitrogens with one attached hydrogen (secondary N) is 1. The first-order valence-corrected chi connectivity index (χ1v) is 6.66. The highest BCUT2D eigenvalue weighted by Gasteiger charge is 2.14. The lowest BCUT2D eigenvalue weighted by Crippen LogP contribution is -2.15. The van der Waals surface area contributed by atoms with Crippen LogP contribution in [0.25, 0.3) is 0 Å². The Balaban J connectivity index is 2.03. The number of alkyl halides is 2. The maximum absolute atomic E-state index is 12.8. The van der Waals surface area contributed by atoms with E-state index >= 15 is 0 Å². The summed E-state index contributed by atoms with van der Waals surface area (Å²) in [4.78, 5) is 0. The molecule has 0 bridgehead atoms. The van der Waals surface area contributed by atoms with Crippen molar-refractivity contribution in [1.82, 2.24) is 5.32 Å². The van der Waals surface area contributed by atoms with Crippen LogP contribution in [0.1, 0.15) is 11.1 Å². The molecule has 118 valence electrons. The Morgan fingerprint density at radius 3 is 2.41 bits per heavy atom. The van der Waals surface area contributed by atoms with Gasteiger partial charge in [0.1, 0.15) is 5.82 Å². The molecule has 0 amide bonds. The Labute approximate surface area is 126 Å². The fourth-order valence-corrected chi connectivity index (χ4v) is 2.03. The van der Waals surface area contributed by atoms with E-state index in [2.05, 4.69) is 10.1 Å². The van der Waals surface area contributed by atoms with Crippen LogP contribution in [-0.4, -0.2) is 13.7 Å². The molecule has 2 aromatic carbocycles. The summed E-state index contributed by atoms with van der Waals surface area (Å²) in [5.41, 5.74) is 1.45. The van der Waals surface area contributed by atoms with E-state index in [0.29, 0.717) is 18.7 Å². The van der Waals surface area contributed by atoms with E-state index in [0.717, 1.165) is 5.56 Å². The van der Waals surface area contributed by atoms with Crippen molar-refractivity contribution in [2.75, 3.05) is 7.11 Å². The third-order valence-corrected chi connectivity index (χ3v) is 3.05. The van der Waals surface area contributed by atoms with Gasteiger partial charge < -0.3 is 14.8 Å². The number of para-hydroxylation sites is 1. The minimum atomic E-state index is -2.92. The van der Waals surface area contributed by atoms with E-state index < -0.39 is 6.61 Å². The van der Waals surface area contributed by atoms with Gasteiger partial charge in [0, 0.05) is 18.7 Å². The molecule has 0 aliphatic carbocycles. The molecule has 0 aliphatic heterocycles. The first-order valence-electron chi connectivity index (χ1n) is 6.66. The van der Waals surface area contributed by atoms with Gasteiger partial charge in [-0.05, 0) is 23.8 Å². The predicted molar refractivity (Wildman–Crippen MR) is 76.6 cm³/mol. The van der Waals surface area contributed by atoms with E-state index in [1.54, 1.807) is 30.3 Å². The van der Waals surface area contributed by atoms with E-state index in [-0.39, 0.29) is 17.3 Å². The zero-order valence-electron chi connectivity index (χ0n) is 12.0. The van der Waals surface area contributed by atoms with E-state index in [4.69, 9.17) is 4.74 Å². The molecule has 2 rings (SSSR count). The average Bonchev–Trinajstić information content (AvgIpc) is 2.50. The van der Waals surface area contributed by atoms with Crippen LogP contribution >= 0.6 is 0 Å². The zero-order valence-corrected chi connectivity index (χ0v) is 12.0. The summed E-state index contributed by atoms with van der Waals surface area (Å²) in [6.07, 6.45) is 0. The second-order valence-electron chi connectivity index (χ2n) is 4.56. The van der Waals surface area contributed by atoms with Gasteiger partial charge in [0.2, 0.25) is 0 Å². The summed E-state index contributed by atoms with van der Waals surface area (Å²) in [5, 5.41) is 3.10. The minimum Gasteiger partial charge on any atom is -0.493 e. The van der Waals surface area contributed by atoms with Crippen molar-refractivity contribution in [3.8, 4) is 11.5 Å². The summed E-state index contributed by atoms with van der Waals surface area (Å²) in [5.74, 6) is -0.0304. The van der Waals surface area contributed by atoms with E-state index in [9.17, 15) is 13.2 Å². The Bertz CT molecular complexity index is 603. The molecule has 1 N–H and O–H groups in total. The lowest BCUT2D eigenvalue weighted by atomic mass is 10.1. The molecule has 0 unspecified atom stereocenters. The van der Waals surface area contributed by atoms with Crippen LogP contribution in [0.5, 0.6) is 11.5 Å². The molecule has 0 aromatic heterocycles.